The molecule has 0 radical (unpaired) electrons. The molecule has 182 valence electrons. The average molecular weight is 488 g/mol. The molecule has 0 aliphatic carbocycles. The quantitative estimate of drug-likeness (QED) is 0.344. The van der Waals surface area contributed by atoms with Crippen molar-refractivity contribution in [1.29, 1.82) is 0 Å². The van der Waals surface area contributed by atoms with E-state index in [9.17, 15) is 23.1 Å². The normalized spacial score (nSPS) is 18.2. The second-order valence-electron chi connectivity index (χ2n) is 8.38. The number of sulfonamides is 1. The summed E-state index contributed by atoms with van der Waals surface area (Å²) in [6.07, 6.45) is 0. The van der Waals surface area contributed by atoms with Crippen molar-refractivity contribution in [3.05, 3.63) is 65.2 Å². The number of benzene rings is 2. The number of ketones is 1. The molecule has 1 fully saturated rings. The number of hydrogen-bond donors (Lipinski definition) is 1. The molecule has 0 bridgehead atoms. The molecule has 2 aromatic carbocycles. The zero-order valence-corrected chi connectivity index (χ0v) is 20.7. The maximum atomic E-state index is 13.0. The van der Waals surface area contributed by atoms with E-state index in [0.29, 0.717) is 17.9 Å². The molecule has 1 aliphatic heterocycles. The number of aliphatic hydroxyl groups excluding tert-OH is 1. The van der Waals surface area contributed by atoms with E-state index in [4.69, 9.17) is 4.74 Å². The van der Waals surface area contributed by atoms with Crippen molar-refractivity contribution in [2.45, 2.75) is 10.9 Å². The fraction of sp³-hybridized carbons (Fsp3) is 0.333. The number of likely N-dealkylation sites (tertiary alicyclic amines) is 1. The number of aliphatic hydroxyl groups is 1. The highest BCUT2D eigenvalue weighted by Crippen LogP contribution is 2.39. The first-order valence-electron chi connectivity index (χ1n) is 10.6. The van der Waals surface area contributed by atoms with E-state index in [1.165, 1.54) is 43.3 Å². The largest absolute Gasteiger partial charge is 0.507 e. The number of hydrogen-bond acceptors (Lipinski definition) is 7. The van der Waals surface area contributed by atoms with E-state index in [1.807, 2.05) is 19.0 Å². The molecule has 1 aliphatic rings. The van der Waals surface area contributed by atoms with Crippen LogP contribution in [0.15, 0.2) is 59.0 Å². The Hall–Kier alpha value is -3.21. The lowest BCUT2D eigenvalue weighted by Crippen LogP contribution is -2.35. The summed E-state index contributed by atoms with van der Waals surface area (Å²) in [4.78, 5) is 29.4. The molecular formula is C24H29N3O6S. The zero-order valence-electron chi connectivity index (χ0n) is 19.8. The van der Waals surface area contributed by atoms with Crippen molar-refractivity contribution in [1.82, 2.24) is 14.1 Å². The van der Waals surface area contributed by atoms with Gasteiger partial charge < -0.3 is 19.6 Å². The number of likely N-dealkylation sites (N-methyl/N-ethyl adjacent to an activating group) is 1. The number of nitrogens with zero attached hydrogens (tertiary/aromatic N) is 3. The number of ether oxygens (including phenoxy) is 1. The van der Waals surface area contributed by atoms with E-state index in [0.717, 1.165) is 4.31 Å². The Kier molecular flexibility index (Phi) is 7.44. The van der Waals surface area contributed by atoms with Crippen LogP contribution in [0.4, 0.5) is 0 Å². The molecule has 34 heavy (non-hydrogen) atoms. The molecule has 0 saturated carbocycles. The molecule has 1 N–H and O–H groups in total. The molecule has 9 nitrogen and oxygen atoms in total. The minimum absolute atomic E-state index is 0.0443. The van der Waals surface area contributed by atoms with Gasteiger partial charge in [-0.1, -0.05) is 12.1 Å². The third-order valence-corrected chi connectivity index (χ3v) is 7.50. The van der Waals surface area contributed by atoms with Gasteiger partial charge in [-0.15, -0.1) is 0 Å². The Bertz CT molecular complexity index is 1200. The summed E-state index contributed by atoms with van der Waals surface area (Å²) in [5.74, 6) is -1.23. The first kappa shape index (κ1) is 25.4. The summed E-state index contributed by atoms with van der Waals surface area (Å²) in [6, 6.07) is 11.7. The molecule has 0 aromatic heterocycles. The van der Waals surface area contributed by atoms with Crippen LogP contribution in [0, 0.1) is 0 Å². The summed E-state index contributed by atoms with van der Waals surface area (Å²) >= 11 is 0. The Morgan fingerprint density at radius 1 is 1.00 bits per heavy atom. The third-order valence-electron chi connectivity index (χ3n) is 5.67. The van der Waals surface area contributed by atoms with E-state index >= 15 is 0 Å². The summed E-state index contributed by atoms with van der Waals surface area (Å²) < 4.78 is 31.0. The Morgan fingerprint density at radius 2 is 1.59 bits per heavy atom. The number of carbonyl (C=O) groups is 2. The Balaban J connectivity index is 2.11. The van der Waals surface area contributed by atoms with Gasteiger partial charge in [0.1, 0.15) is 11.5 Å². The van der Waals surface area contributed by atoms with Crippen LogP contribution in [0.2, 0.25) is 0 Å². The average Bonchev–Trinajstić information content (AvgIpc) is 3.07. The van der Waals surface area contributed by atoms with Gasteiger partial charge in [0.05, 0.1) is 23.6 Å². The second kappa shape index (κ2) is 9.96. The van der Waals surface area contributed by atoms with Crippen LogP contribution in [0.25, 0.3) is 5.76 Å². The van der Waals surface area contributed by atoms with Gasteiger partial charge in [-0.25, -0.2) is 12.7 Å². The molecule has 1 amide bonds. The van der Waals surface area contributed by atoms with E-state index in [2.05, 4.69) is 0 Å². The Labute approximate surface area is 199 Å². The summed E-state index contributed by atoms with van der Waals surface area (Å²) in [7, 11) is 4.46. The fourth-order valence-electron chi connectivity index (χ4n) is 3.70. The topological polar surface area (TPSA) is 107 Å². The number of Topliss-reactive ketones (excluding diaryl/α,β-unsaturated/α-hetero) is 1. The highest BCUT2D eigenvalue weighted by Gasteiger charge is 2.45. The lowest BCUT2D eigenvalue weighted by molar-refractivity contribution is -0.140. The molecule has 2 aromatic rings. The second-order valence-corrected chi connectivity index (χ2v) is 10.5. The van der Waals surface area contributed by atoms with Crippen molar-refractivity contribution in [3.63, 3.8) is 0 Å². The van der Waals surface area contributed by atoms with Gasteiger partial charge in [-0.3, -0.25) is 9.59 Å². The smallest absolute Gasteiger partial charge is 0.295 e. The minimum Gasteiger partial charge on any atom is -0.507 e. The number of methoxy groups -OCH3 is 1. The summed E-state index contributed by atoms with van der Waals surface area (Å²) in [6.45, 7) is 0.807. The lowest BCUT2D eigenvalue weighted by Gasteiger charge is -2.26. The van der Waals surface area contributed by atoms with E-state index in [-0.39, 0.29) is 28.3 Å². The van der Waals surface area contributed by atoms with Gasteiger partial charge in [-0.2, -0.15) is 0 Å². The van der Waals surface area contributed by atoms with Gasteiger partial charge in [0.25, 0.3) is 11.7 Å². The van der Waals surface area contributed by atoms with Gasteiger partial charge >= 0.3 is 0 Å². The summed E-state index contributed by atoms with van der Waals surface area (Å²) in [5.41, 5.74) is 0.839. The lowest BCUT2D eigenvalue weighted by atomic mass is 9.95. The van der Waals surface area contributed by atoms with Crippen LogP contribution in [-0.4, -0.2) is 87.7 Å². The van der Waals surface area contributed by atoms with Crippen molar-refractivity contribution in [2.24, 2.45) is 0 Å². The zero-order chi connectivity index (χ0) is 25.2. The van der Waals surface area contributed by atoms with Gasteiger partial charge in [0.2, 0.25) is 10.0 Å². The van der Waals surface area contributed by atoms with Gasteiger partial charge in [0.15, 0.2) is 0 Å². The monoisotopic (exact) mass is 487 g/mol. The molecular weight excluding hydrogens is 458 g/mol. The molecule has 1 atom stereocenters. The first-order chi connectivity index (χ1) is 16.0. The van der Waals surface area contributed by atoms with Gasteiger partial charge in [0, 0.05) is 32.7 Å². The predicted molar refractivity (Wildman–Crippen MR) is 128 cm³/mol. The maximum absolute atomic E-state index is 13.0. The molecule has 3 rings (SSSR count). The third kappa shape index (κ3) is 4.84. The highest BCUT2D eigenvalue weighted by molar-refractivity contribution is 7.89. The van der Waals surface area contributed by atoms with Crippen LogP contribution in [0.1, 0.15) is 17.2 Å². The van der Waals surface area contributed by atoms with Crippen molar-refractivity contribution in [2.75, 3.05) is 48.4 Å². The molecule has 1 heterocycles. The summed E-state index contributed by atoms with van der Waals surface area (Å²) in [5, 5.41) is 11.1. The van der Waals surface area contributed by atoms with Crippen LogP contribution >= 0.6 is 0 Å². The highest BCUT2D eigenvalue weighted by atomic mass is 32.2. The number of rotatable bonds is 8. The van der Waals surface area contributed by atoms with Crippen molar-refractivity contribution >= 4 is 27.5 Å². The van der Waals surface area contributed by atoms with E-state index < -0.39 is 27.8 Å². The number of amides is 1. The van der Waals surface area contributed by atoms with Crippen molar-refractivity contribution < 1.29 is 27.9 Å². The Morgan fingerprint density at radius 3 is 2.09 bits per heavy atom. The standard InChI is InChI=1S/C24H29N3O6S/c1-25(2)14-15-27-21(16-6-10-18(33-5)11-7-16)20(23(29)24(27)30)22(28)17-8-12-19(13-9-17)34(31,32)26(3)4/h6-13,21,28H,14-15H2,1-5H3. The van der Waals surface area contributed by atoms with E-state index in [1.54, 1.807) is 31.4 Å². The fourth-order valence-corrected chi connectivity index (χ4v) is 4.60. The minimum atomic E-state index is -3.65. The van der Waals surface area contributed by atoms with Crippen LogP contribution < -0.4 is 4.74 Å². The SMILES string of the molecule is COc1ccc(C2C(=C(O)c3ccc(S(=O)(=O)N(C)C)cc3)C(=O)C(=O)N2CCN(C)C)cc1. The maximum Gasteiger partial charge on any atom is 0.295 e. The molecule has 0 spiro atoms. The van der Waals surface area contributed by atoms with Crippen LogP contribution in [0.3, 0.4) is 0 Å². The predicted octanol–water partition coefficient (Wildman–Crippen LogP) is 1.93. The first-order valence-corrected chi connectivity index (χ1v) is 12.0. The van der Waals surface area contributed by atoms with Crippen LogP contribution in [0.5, 0.6) is 5.75 Å². The van der Waals surface area contributed by atoms with Crippen molar-refractivity contribution in [3.8, 4) is 5.75 Å². The molecule has 10 heteroatoms. The molecule has 1 unspecified atom stereocenters. The molecule has 1 saturated heterocycles. The number of carbonyl (C=O) groups excluding carboxylic acids is 2. The van der Waals surface area contributed by atoms with Gasteiger partial charge in [-0.05, 0) is 56.1 Å². The van der Waals surface area contributed by atoms with Crippen LogP contribution in [-0.2, 0) is 19.6 Å².